The van der Waals surface area contributed by atoms with Crippen LogP contribution in [0, 0.1) is 0 Å². The Morgan fingerprint density at radius 1 is 0.971 bits per heavy atom. The van der Waals surface area contributed by atoms with Crippen LogP contribution in [-0.2, 0) is 11.2 Å². The molecule has 5 nitrogen and oxygen atoms in total. The predicted octanol–water partition coefficient (Wildman–Crippen LogP) is 5.71. The molecule has 5 rings (SSSR count). The molecule has 0 unspecified atom stereocenters. The zero-order chi connectivity index (χ0) is 24.6. The predicted molar refractivity (Wildman–Crippen MR) is 139 cm³/mol. The van der Waals surface area contributed by atoms with E-state index in [4.69, 9.17) is 37.4 Å². The summed E-state index contributed by atoms with van der Waals surface area (Å²) < 4.78 is 19.4. The molecule has 3 aromatic rings. The summed E-state index contributed by atoms with van der Waals surface area (Å²) in [7, 11) is 0. The van der Waals surface area contributed by atoms with Crippen molar-refractivity contribution >= 4 is 39.1 Å². The van der Waals surface area contributed by atoms with E-state index < -0.39 is 17.3 Å². The van der Waals surface area contributed by atoms with Crippen LogP contribution in [0.15, 0.2) is 71.2 Å². The van der Waals surface area contributed by atoms with E-state index in [0.717, 1.165) is 15.6 Å². The van der Waals surface area contributed by atoms with Crippen molar-refractivity contribution in [3.05, 3.63) is 87.9 Å². The zero-order valence-electron chi connectivity index (χ0n) is 18.8. The normalized spacial score (nSPS) is 26.7. The van der Waals surface area contributed by atoms with Gasteiger partial charge in [0.1, 0.15) is 30.5 Å². The second-order valence-electron chi connectivity index (χ2n) is 8.70. The first-order valence-electron chi connectivity index (χ1n) is 11.4. The molecular formula is C27H25BrCl2O5. The molecule has 1 aliphatic carbocycles. The third kappa shape index (κ3) is 3.91. The smallest absolute Gasteiger partial charge is 0.176 e. The van der Waals surface area contributed by atoms with E-state index in [-0.39, 0.29) is 18.4 Å². The summed E-state index contributed by atoms with van der Waals surface area (Å²) in [4.78, 5) is 0. The SMILES string of the molecule is O[C@H]1C[C@H](c2ccccc2)[C@@]2(c3ccc(Br)cc3)Oc3cc(OCCCl)cc(OCCCl)c3[C@@]12O. The molecule has 3 aromatic carbocycles. The molecule has 0 amide bonds. The van der Waals surface area contributed by atoms with Crippen molar-refractivity contribution in [3.8, 4) is 17.2 Å². The Morgan fingerprint density at radius 3 is 2.34 bits per heavy atom. The van der Waals surface area contributed by atoms with E-state index in [1.165, 1.54) is 0 Å². The van der Waals surface area contributed by atoms with Gasteiger partial charge >= 0.3 is 0 Å². The topological polar surface area (TPSA) is 68.2 Å². The number of halogens is 3. The van der Waals surface area contributed by atoms with Crippen LogP contribution in [0.4, 0.5) is 0 Å². The summed E-state index contributed by atoms with van der Waals surface area (Å²) in [6.07, 6.45) is -0.819. The number of rotatable bonds is 8. The first-order chi connectivity index (χ1) is 17.0. The maximum absolute atomic E-state index is 12.5. The summed E-state index contributed by atoms with van der Waals surface area (Å²) in [6.45, 7) is 0.513. The summed E-state index contributed by atoms with van der Waals surface area (Å²) in [5.74, 6) is 1.49. The second-order valence-corrected chi connectivity index (χ2v) is 10.4. The Hall–Kier alpha value is -1.96. The first kappa shape index (κ1) is 24.7. The van der Waals surface area contributed by atoms with Gasteiger partial charge < -0.3 is 24.4 Å². The molecule has 1 fully saturated rings. The molecule has 2 aliphatic rings. The average molecular weight is 580 g/mol. The van der Waals surface area contributed by atoms with Gasteiger partial charge in [-0.2, -0.15) is 0 Å². The average Bonchev–Trinajstić information content (AvgIpc) is 3.27. The summed E-state index contributed by atoms with van der Waals surface area (Å²) >= 11 is 15.3. The highest BCUT2D eigenvalue weighted by atomic mass is 79.9. The van der Waals surface area contributed by atoms with E-state index >= 15 is 0 Å². The van der Waals surface area contributed by atoms with Gasteiger partial charge in [0.15, 0.2) is 11.2 Å². The fourth-order valence-corrected chi connectivity index (χ4v) is 5.92. The molecule has 0 spiro atoms. The number of aliphatic hydroxyl groups excluding tert-OH is 1. The van der Waals surface area contributed by atoms with Gasteiger partial charge in [0, 0.05) is 22.5 Å². The Kier molecular flexibility index (Phi) is 6.94. The van der Waals surface area contributed by atoms with Gasteiger partial charge in [0.05, 0.1) is 23.4 Å². The molecule has 0 radical (unpaired) electrons. The molecule has 1 saturated carbocycles. The van der Waals surface area contributed by atoms with Gasteiger partial charge in [-0.05, 0) is 29.7 Å². The first-order valence-corrected chi connectivity index (χ1v) is 13.3. The number of hydrogen-bond donors (Lipinski definition) is 2. The Morgan fingerprint density at radius 2 is 1.66 bits per heavy atom. The van der Waals surface area contributed by atoms with Gasteiger partial charge in [-0.15, -0.1) is 23.2 Å². The van der Waals surface area contributed by atoms with Crippen molar-refractivity contribution in [1.82, 2.24) is 0 Å². The molecule has 0 bridgehead atoms. The second kappa shape index (κ2) is 9.83. The number of alkyl halides is 2. The van der Waals surface area contributed by atoms with Crippen LogP contribution in [0.25, 0.3) is 0 Å². The molecule has 4 atom stereocenters. The summed E-state index contributed by atoms with van der Waals surface area (Å²) in [6, 6.07) is 20.9. The minimum Gasteiger partial charge on any atom is -0.492 e. The minimum absolute atomic E-state index is 0.215. The number of benzene rings is 3. The van der Waals surface area contributed by atoms with E-state index in [1.807, 2.05) is 54.6 Å². The lowest BCUT2D eigenvalue weighted by molar-refractivity contribution is -0.150. The van der Waals surface area contributed by atoms with Crippen LogP contribution in [0.2, 0.25) is 0 Å². The molecule has 0 saturated heterocycles. The van der Waals surface area contributed by atoms with Gasteiger partial charge in [0.25, 0.3) is 0 Å². The minimum atomic E-state index is -1.79. The highest BCUT2D eigenvalue weighted by Gasteiger charge is 2.73. The van der Waals surface area contributed by atoms with Crippen LogP contribution >= 0.6 is 39.1 Å². The largest absolute Gasteiger partial charge is 0.492 e. The number of fused-ring (bicyclic) bond motifs is 3. The van der Waals surface area contributed by atoms with Crippen molar-refractivity contribution in [2.75, 3.05) is 25.0 Å². The van der Waals surface area contributed by atoms with Crippen LogP contribution in [0.5, 0.6) is 17.2 Å². The van der Waals surface area contributed by atoms with Crippen molar-refractivity contribution in [2.45, 2.75) is 29.6 Å². The Balaban J connectivity index is 1.75. The van der Waals surface area contributed by atoms with Crippen LogP contribution in [-0.4, -0.2) is 41.3 Å². The number of ether oxygens (including phenoxy) is 3. The quantitative estimate of drug-likeness (QED) is 0.335. The number of hydrogen-bond acceptors (Lipinski definition) is 5. The third-order valence-corrected chi connectivity index (χ3v) is 7.68. The number of aliphatic hydroxyl groups is 2. The molecule has 1 aliphatic heterocycles. The van der Waals surface area contributed by atoms with Gasteiger partial charge in [-0.1, -0.05) is 58.4 Å². The van der Waals surface area contributed by atoms with E-state index in [9.17, 15) is 10.2 Å². The fraction of sp³-hybridized carbons (Fsp3) is 0.333. The maximum atomic E-state index is 12.5. The maximum Gasteiger partial charge on any atom is 0.176 e. The highest BCUT2D eigenvalue weighted by molar-refractivity contribution is 9.10. The Bertz CT molecular complexity index is 1190. The lowest BCUT2D eigenvalue weighted by Crippen LogP contribution is -2.52. The standard InChI is InChI=1S/C27H25BrCl2O5/c28-19-8-6-18(7-9-19)27-21(17-4-2-1-3-5-17)16-24(31)26(27,32)25-22(34-13-11-30)14-20(33-12-10-29)15-23(25)35-27/h1-9,14-15,21,24,31-32H,10-13,16H2/t21-,24+,26+,27-/m1/s1. The van der Waals surface area contributed by atoms with E-state index in [0.29, 0.717) is 41.7 Å². The van der Waals surface area contributed by atoms with Crippen molar-refractivity contribution in [2.24, 2.45) is 0 Å². The monoisotopic (exact) mass is 578 g/mol. The van der Waals surface area contributed by atoms with Gasteiger partial charge in [-0.25, -0.2) is 0 Å². The molecule has 0 aromatic heterocycles. The van der Waals surface area contributed by atoms with E-state index in [2.05, 4.69) is 15.9 Å². The summed E-state index contributed by atoms with van der Waals surface area (Å²) in [5.41, 5.74) is -0.990. The molecule has 2 N–H and O–H groups in total. The third-order valence-electron chi connectivity index (χ3n) is 6.85. The van der Waals surface area contributed by atoms with E-state index in [1.54, 1.807) is 12.1 Å². The van der Waals surface area contributed by atoms with Crippen molar-refractivity contribution in [1.29, 1.82) is 0 Å². The lowest BCUT2D eigenvalue weighted by atomic mass is 9.71. The van der Waals surface area contributed by atoms with Gasteiger partial charge in [0.2, 0.25) is 0 Å². The lowest BCUT2D eigenvalue weighted by Gasteiger charge is -2.40. The molecule has 35 heavy (non-hydrogen) atoms. The zero-order valence-corrected chi connectivity index (χ0v) is 21.9. The fourth-order valence-electron chi connectivity index (χ4n) is 5.51. The highest BCUT2D eigenvalue weighted by Crippen LogP contribution is 2.68. The molecular weight excluding hydrogens is 555 g/mol. The van der Waals surface area contributed by atoms with Crippen LogP contribution in [0.1, 0.15) is 29.0 Å². The van der Waals surface area contributed by atoms with Crippen LogP contribution < -0.4 is 14.2 Å². The van der Waals surface area contributed by atoms with Crippen molar-refractivity contribution in [3.63, 3.8) is 0 Å². The molecule has 1 heterocycles. The van der Waals surface area contributed by atoms with Crippen LogP contribution in [0.3, 0.4) is 0 Å². The summed E-state index contributed by atoms with van der Waals surface area (Å²) in [5, 5.41) is 24.1. The molecule has 184 valence electrons. The van der Waals surface area contributed by atoms with Gasteiger partial charge in [-0.3, -0.25) is 0 Å². The molecule has 8 heteroatoms. The van der Waals surface area contributed by atoms with Crippen molar-refractivity contribution < 1.29 is 24.4 Å². The Labute approximate surface area is 222 Å².